The molecule has 0 fully saturated rings. The molecule has 0 aliphatic carbocycles. The fourth-order valence-electron chi connectivity index (χ4n) is 1.80. The van der Waals surface area contributed by atoms with Crippen molar-refractivity contribution in [2.45, 2.75) is 20.3 Å². The van der Waals surface area contributed by atoms with E-state index in [4.69, 9.17) is 0 Å². The third-order valence-corrected chi connectivity index (χ3v) is 2.93. The van der Waals surface area contributed by atoms with Crippen molar-refractivity contribution in [2.75, 3.05) is 31.5 Å². The van der Waals surface area contributed by atoms with Gasteiger partial charge >= 0.3 is 0 Å². The van der Waals surface area contributed by atoms with Crippen LogP contribution >= 0.6 is 0 Å². The Morgan fingerprint density at radius 2 is 2.06 bits per heavy atom. The van der Waals surface area contributed by atoms with Crippen molar-refractivity contribution in [1.29, 1.82) is 0 Å². The zero-order valence-electron chi connectivity index (χ0n) is 11.1. The minimum Gasteiger partial charge on any atom is -0.385 e. The van der Waals surface area contributed by atoms with Gasteiger partial charge in [0.15, 0.2) is 0 Å². The summed E-state index contributed by atoms with van der Waals surface area (Å²) in [5.41, 5.74) is 0.937. The first-order valence-corrected chi connectivity index (χ1v) is 6.38. The summed E-state index contributed by atoms with van der Waals surface area (Å²) in [5, 5.41) is 13.8. The van der Waals surface area contributed by atoms with Crippen LogP contribution in [-0.2, 0) is 0 Å². The summed E-state index contributed by atoms with van der Waals surface area (Å²) in [5.74, 6) is 0. The van der Waals surface area contributed by atoms with Crippen molar-refractivity contribution < 1.29 is 4.92 Å². The molecule has 1 N–H and O–H groups in total. The van der Waals surface area contributed by atoms with Gasteiger partial charge in [0.25, 0.3) is 5.69 Å². The van der Waals surface area contributed by atoms with Crippen LogP contribution in [0, 0.1) is 10.1 Å². The Labute approximate surface area is 108 Å². The van der Waals surface area contributed by atoms with E-state index in [2.05, 4.69) is 24.1 Å². The second kappa shape index (κ2) is 7.66. The van der Waals surface area contributed by atoms with Gasteiger partial charge in [-0.2, -0.15) is 0 Å². The molecule has 0 heterocycles. The molecular weight excluding hydrogens is 230 g/mol. The van der Waals surface area contributed by atoms with Crippen molar-refractivity contribution >= 4 is 11.4 Å². The van der Waals surface area contributed by atoms with Crippen LogP contribution in [0.3, 0.4) is 0 Å². The maximum atomic E-state index is 10.6. The number of anilines is 1. The molecule has 100 valence electrons. The van der Waals surface area contributed by atoms with Gasteiger partial charge in [0.05, 0.1) is 4.92 Å². The number of nitrogens with zero attached hydrogens (tertiary/aromatic N) is 2. The van der Waals surface area contributed by atoms with E-state index in [0.29, 0.717) is 0 Å². The van der Waals surface area contributed by atoms with Crippen LogP contribution in [0.15, 0.2) is 24.3 Å². The molecular formula is C13H21N3O2. The van der Waals surface area contributed by atoms with E-state index >= 15 is 0 Å². The van der Waals surface area contributed by atoms with Gasteiger partial charge in [-0.25, -0.2) is 0 Å². The van der Waals surface area contributed by atoms with E-state index in [1.807, 2.05) is 6.07 Å². The van der Waals surface area contributed by atoms with Crippen molar-refractivity contribution in [2.24, 2.45) is 0 Å². The minimum absolute atomic E-state index is 0.128. The molecule has 0 saturated carbocycles. The summed E-state index contributed by atoms with van der Waals surface area (Å²) in [4.78, 5) is 12.6. The molecule has 0 aromatic heterocycles. The highest BCUT2D eigenvalue weighted by atomic mass is 16.6. The van der Waals surface area contributed by atoms with E-state index in [-0.39, 0.29) is 10.6 Å². The summed E-state index contributed by atoms with van der Waals surface area (Å²) in [6, 6.07) is 6.62. The smallest absolute Gasteiger partial charge is 0.271 e. The van der Waals surface area contributed by atoms with Crippen LogP contribution in [0.4, 0.5) is 11.4 Å². The fourth-order valence-corrected chi connectivity index (χ4v) is 1.80. The number of non-ortho nitro benzene ring substituents is 1. The Bertz CT molecular complexity index is 378. The Morgan fingerprint density at radius 3 is 2.67 bits per heavy atom. The molecule has 0 atom stereocenters. The Morgan fingerprint density at radius 1 is 1.33 bits per heavy atom. The lowest BCUT2D eigenvalue weighted by Gasteiger charge is -2.17. The highest BCUT2D eigenvalue weighted by Gasteiger charge is 2.05. The third kappa shape index (κ3) is 4.71. The van der Waals surface area contributed by atoms with Gasteiger partial charge < -0.3 is 10.2 Å². The highest BCUT2D eigenvalue weighted by Crippen LogP contribution is 2.16. The summed E-state index contributed by atoms with van der Waals surface area (Å²) in [7, 11) is 0. The predicted octanol–water partition coefficient (Wildman–Crippen LogP) is 2.74. The summed E-state index contributed by atoms with van der Waals surface area (Å²) in [6.45, 7) is 8.31. The second-order valence-corrected chi connectivity index (χ2v) is 4.11. The number of hydrogen-bond acceptors (Lipinski definition) is 4. The molecule has 0 aliphatic heterocycles. The molecule has 1 rings (SSSR count). The molecule has 0 unspecified atom stereocenters. The Kier molecular flexibility index (Phi) is 6.14. The van der Waals surface area contributed by atoms with Crippen molar-refractivity contribution in [3.8, 4) is 0 Å². The molecule has 5 nitrogen and oxygen atoms in total. The molecule has 0 radical (unpaired) electrons. The molecule has 1 aromatic rings. The van der Waals surface area contributed by atoms with Crippen LogP contribution in [0.1, 0.15) is 20.3 Å². The lowest BCUT2D eigenvalue weighted by Crippen LogP contribution is -2.25. The number of rotatable bonds is 8. The van der Waals surface area contributed by atoms with Gasteiger partial charge in [-0.1, -0.05) is 19.9 Å². The van der Waals surface area contributed by atoms with Crippen molar-refractivity contribution in [3.05, 3.63) is 34.4 Å². The van der Waals surface area contributed by atoms with Gasteiger partial charge in [-0.15, -0.1) is 0 Å². The third-order valence-electron chi connectivity index (χ3n) is 2.93. The van der Waals surface area contributed by atoms with E-state index < -0.39 is 0 Å². The number of nitro groups is 1. The molecule has 0 amide bonds. The largest absolute Gasteiger partial charge is 0.385 e. The van der Waals surface area contributed by atoms with Gasteiger partial charge in [0, 0.05) is 24.4 Å². The maximum Gasteiger partial charge on any atom is 0.271 e. The molecule has 0 aliphatic rings. The molecule has 0 spiro atoms. The van der Waals surface area contributed by atoms with Gasteiger partial charge in [0.2, 0.25) is 0 Å². The first kappa shape index (κ1) is 14.4. The molecule has 0 bridgehead atoms. The zero-order chi connectivity index (χ0) is 13.4. The van der Waals surface area contributed by atoms with Crippen LogP contribution in [0.2, 0.25) is 0 Å². The fraction of sp³-hybridized carbons (Fsp3) is 0.538. The number of benzene rings is 1. The monoisotopic (exact) mass is 251 g/mol. The minimum atomic E-state index is -0.374. The van der Waals surface area contributed by atoms with E-state index in [9.17, 15) is 10.1 Å². The average molecular weight is 251 g/mol. The average Bonchev–Trinajstić information content (AvgIpc) is 2.39. The van der Waals surface area contributed by atoms with Crippen LogP contribution in [0.25, 0.3) is 0 Å². The molecule has 5 heteroatoms. The lowest BCUT2D eigenvalue weighted by atomic mass is 10.2. The van der Waals surface area contributed by atoms with Crippen LogP contribution in [0.5, 0.6) is 0 Å². The Balaban J connectivity index is 2.35. The van der Waals surface area contributed by atoms with Crippen molar-refractivity contribution in [3.63, 3.8) is 0 Å². The number of hydrogen-bond donors (Lipinski definition) is 1. The zero-order valence-corrected chi connectivity index (χ0v) is 11.1. The first-order chi connectivity index (χ1) is 8.67. The number of nitrogens with one attached hydrogen (secondary N) is 1. The van der Waals surface area contributed by atoms with Gasteiger partial charge in [-0.3, -0.25) is 10.1 Å². The molecule has 18 heavy (non-hydrogen) atoms. The highest BCUT2D eigenvalue weighted by molar-refractivity contribution is 5.50. The standard InChI is InChI=1S/C13H21N3O2/c1-3-15(4-2)10-6-9-14-12-7-5-8-13(11-12)16(17)18/h5,7-8,11,14H,3-4,6,9-10H2,1-2H3. The summed E-state index contributed by atoms with van der Waals surface area (Å²) < 4.78 is 0. The quantitative estimate of drug-likeness (QED) is 0.438. The SMILES string of the molecule is CCN(CC)CCCNc1cccc([N+](=O)[O-])c1. The summed E-state index contributed by atoms with van der Waals surface area (Å²) in [6.07, 6.45) is 1.03. The lowest BCUT2D eigenvalue weighted by molar-refractivity contribution is -0.384. The van der Waals surface area contributed by atoms with Gasteiger partial charge in [0.1, 0.15) is 0 Å². The number of nitro benzene ring substituents is 1. The van der Waals surface area contributed by atoms with E-state index in [1.165, 1.54) is 6.07 Å². The topological polar surface area (TPSA) is 58.4 Å². The van der Waals surface area contributed by atoms with Crippen LogP contribution in [-0.4, -0.2) is 36.0 Å². The summed E-state index contributed by atoms with van der Waals surface area (Å²) >= 11 is 0. The normalized spacial score (nSPS) is 10.6. The molecule has 0 saturated heterocycles. The van der Waals surface area contributed by atoms with E-state index in [0.717, 1.165) is 38.3 Å². The predicted molar refractivity (Wildman–Crippen MR) is 74.0 cm³/mol. The first-order valence-electron chi connectivity index (χ1n) is 6.38. The van der Waals surface area contributed by atoms with Crippen LogP contribution < -0.4 is 5.32 Å². The second-order valence-electron chi connectivity index (χ2n) is 4.11. The van der Waals surface area contributed by atoms with Gasteiger partial charge in [-0.05, 0) is 32.1 Å². The maximum absolute atomic E-state index is 10.6. The molecule has 1 aromatic carbocycles. The van der Waals surface area contributed by atoms with E-state index in [1.54, 1.807) is 12.1 Å². The van der Waals surface area contributed by atoms with Crippen molar-refractivity contribution in [1.82, 2.24) is 4.90 Å². The Hall–Kier alpha value is -1.62.